The van der Waals surface area contributed by atoms with Crippen molar-refractivity contribution in [3.8, 4) is 0 Å². The molecule has 0 spiro atoms. The minimum Gasteiger partial charge on any atom is -0.457 e. The van der Waals surface area contributed by atoms with E-state index < -0.39 is 29.7 Å². The van der Waals surface area contributed by atoms with Gasteiger partial charge in [-0.3, -0.25) is 0 Å². The molecule has 5 heteroatoms. The van der Waals surface area contributed by atoms with E-state index in [4.69, 9.17) is 16.3 Å². The van der Waals surface area contributed by atoms with E-state index in [1.165, 1.54) is 18.2 Å². The van der Waals surface area contributed by atoms with Crippen molar-refractivity contribution in [2.75, 3.05) is 0 Å². The summed E-state index contributed by atoms with van der Waals surface area (Å²) in [6.07, 6.45) is 2.69. The maximum absolute atomic E-state index is 11.1. The van der Waals surface area contributed by atoms with E-state index in [9.17, 15) is 15.0 Å². The number of halogens is 1. The van der Waals surface area contributed by atoms with Crippen LogP contribution in [-0.2, 0) is 9.53 Å². The zero-order valence-electron chi connectivity index (χ0n) is 8.21. The quantitative estimate of drug-likeness (QED) is 0.360. The molecule has 0 saturated heterocycles. The predicted molar refractivity (Wildman–Crippen MR) is 55.5 cm³/mol. The van der Waals surface area contributed by atoms with Gasteiger partial charge in [-0.25, -0.2) is 4.79 Å². The highest BCUT2D eigenvalue weighted by Gasteiger charge is 2.24. The smallest absolute Gasteiger partial charge is 0.330 e. The second-order valence-electron chi connectivity index (χ2n) is 3.31. The van der Waals surface area contributed by atoms with Gasteiger partial charge >= 0.3 is 5.97 Å². The summed E-state index contributed by atoms with van der Waals surface area (Å²) in [7, 11) is 0. The summed E-state index contributed by atoms with van der Waals surface area (Å²) in [6, 6.07) is 0. The van der Waals surface area contributed by atoms with Crippen molar-refractivity contribution in [3.05, 3.63) is 24.3 Å². The molecular weight excluding hydrogens is 220 g/mol. The van der Waals surface area contributed by atoms with Crippen molar-refractivity contribution in [1.29, 1.82) is 0 Å². The van der Waals surface area contributed by atoms with Crippen LogP contribution in [-0.4, -0.2) is 39.9 Å². The molecule has 0 saturated carbocycles. The molecule has 0 aromatic carbocycles. The highest BCUT2D eigenvalue weighted by atomic mass is 35.5. The van der Waals surface area contributed by atoms with Crippen LogP contribution in [0.25, 0.3) is 0 Å². The van der Waals surface area contributed by atoms with Crippen LogP contribution in [0, 0.1) is 0 Å². The number of aliphatic hydroxyl groups is 2. The lowest BCUT2D eigenvalue weighted by atomic mass is 10.1. The second kappa shape index (κ2) is 5.30. The number of hydrogen-bond acceptors (Lipinski definition) is 4. The summed E-state index contributed by atoms with van der Waals surface area (Å²) >= 11 is 5.81. The summed E-state index contributed by atoms with van der Waals surface area (Å²) < 4.78 is 4.85. The highest BCUT2D eigenvalue weighted by molar-refractivity contribution is 6.22. The monoisotopic (exact) mass is 232 g/mol. The zero-order valence-corrected chi connectivity index (χ0v) is 8.96. The van der Waals surface area contributed by atoms with Gasteiger partial charge in [0.05, 0.1) is 11.5 Å². The number of rotatable bonds is 0. The Labute approximate surface area is 92.8 Å². The SMILES string of the molecule is C[C@H]1OC(=O)C=C[C@H](O)C=CC(Cl)[C@H]1O. The van der Waals surface area contributed by atoms with Gasteiger partial charge in [0.1, 0.15) is 12.2 Å². The van der Waals surface area contributed by atoms with Gasteiger partial charge in [0.2, 0.25) is 0 Å². The summed E-state index contributed by atoms with van der Waals surface area (Å²) in [5.41, 5.74) is 0. The van der Waals surface area contributed by atoms with Crippen molar-refractivity contribution in [2.24, 2.45) is 0 Å². The van der Waals surface area contributed by atoms with Gasteiger partial charge in [-0.05, 0) is 13.0 Å². The summed E-state index contributed by atoms with van der Waals surface area (Å²) in [6.45, 7) is 1.55. The highest BCUT2D eigenvalue weighted by Crippen LogP contribution is 2.13. The number of cyclic esters (lactones) is 1. The normalized spacial score (nSPS) is 37.5. The molecule has 15 heavy (non-hydrogen) atoms. The van der Waals surface area contributed by atoms with Gasteiger partial charge in [0, 0.05) is 6.08 Å². The molecule has 84 valence electrons. The van der Waals surface area contributed by atoms with Crippen LogP contribution in [0.3, 0.4) is 0 Å². The average Bonchev–Trinajstić information content (AvgIpc) is 2.20. The molecule has 1 heterocycles. The first-order chi connectivity index (χ1) is 7.00. The molecule has 4 nitrogen and oxygen atoms in total. The van der Waals surface area contributed by atoms with Gasteiger partial charge in [0.15, 0.2) is 0 Å². The fourth-order valence-corrected chi connectivity index (χ4v) is 1.42. The lowest BCUT2D eigenvalue weighted by Crippen LogP contribution is -2.35. The molecule has 1 aliphatic rings. The van der Waals surface area contributed by atoms with Gasteiger partial charge in [-0.2, -0.15) is 0 Å². The molecule has 2 N–H and O–H groups in total. The van der Waals surface area contributed by atoms with Crippen molar-refractivity contribution >= 4 is 17.6 Å². The molecule has 0 fully saturated rings. The molecule has 0 aromatic heterocycles. The van der Waals surface area contributed by atoms with E-state index in [0.29, 0.717) is 0 Å². The molecule has 0 aromatic rings. The Hall–Kier alpha value is -0.840. The average molecular weight is 233 g/mol. The van der Waals surface area contributed by atoms with Gasteiger partial charge < -0.3 is 14.9 Å². The molecule has 1 rings (SSSR count). The Kier molecular flexibility index (Phi) is 4.32. The van der Waals surface area contributed by atoms with Crippen molar-refractivity contribution < 1.29 is 19.7 Å². The molecular formula is C10H13ClO4. The molecule has 4 atom stereocenters. The van der Waals surface area contributed by atoms with Crippen LogP contribution < -0.4 is 0 Å². The van der Waals surface area contributed by atoms with Crippen LogP contribution in [0.15, 0.2) is 24.3 Å². The Bertz CT molecular complexity index is 287. The largest absolute Gasteiger partial charge is 0.457 e. The number of alkyl halides is 1. The van der Waals surface area contributed by atoms with Gasteiger partial charge in [-0.1, -0.05) is 12.2 Å². The first kappa shape index (κ1) is 12.2. The molecule has 0 radical (unpaired) electrons. The third-order valence-corrected chi connectivity index (χ3v) is 2.43. The number of hydrogen-bond donors (Lipinski definition) is 2. The third-order valence-electron chi connectivity index (χ3n) is 2.03. The minimum atomic E-state index is -0.995. The van der Waals surface area contributed by atoms with Crippen LogP contribution in [0.4, 0.5) is 0 Å². The second-order valence-corrected chi connectivity index (χ2v) is 3.82. The van der Waals surface area contributed by atoms with Crippen molar-refractivity contribution in [2.45, 2.75) is 30.6 Å². The van der Waals surface area contributed by atoms with Crippen LogP contribution in [0.5, 0.6) is 0 Å². The van der Waals surface area contributed by atoms with Crippen molar-refractivity contribution in [1.82, 2.24) is 0 Å². The summed E-state index contributed by atoms with van der Waals surface area (Å²) in [5.74, 6) is -0.611. The first-order valence-corrected chi connectivity index (χ1v) is 5.01. The molecule has 0 amide bonds. The van der Waals surface area contributed by atoms with E-state index in [1.54, 1.807) is 6.92 Å². The standard InChI is InChI=1S/C10H13ClO4/c1-6-10(14)8(11)4-2-7(12)3-5-9(13)15-6/h2-8,10,12,14H,1H3/t6-,7-,8?,10+/m1/s1. The topological polar surface area (TPSA) is 66.8 Å². The molecule has 0 bridgehead atoms. The number of ether oxygens (including phenoxy) is 1. The van der Waals surface area contributed by atoms with Crippen LogP contribution in [0.1, 0.15) is 6.92 Å². The summed E-state index contributed by atoms with van der Waals surface area (Å²) in [4.78, 5) is 11.1. The fraction of sp³-hybridized carbons (Fsp3) is 0.500. The maximum atomic E-state index is 11.1. The fourth-order valence-electron chi connectivity index (χ4n) is 1.13. The Morgan fingerprint density at radius 2 is 2.00 bits per heavy atom. The van der Waals surface area contributed by atoms with Gasteiger partial charge in [0.25, 0.3) is 0 Å². The van der Waals surface area contributed by atoms with E-state index in [-0.39, 0.29) is 0 Å². The zero-order chi connectivity index (χ0) is 11.4. The molecule has 0 aliphatic carbocycles. The number of carbonyl (C=O) groups is 1. The lowest BCUT2D eigenvalue weighted by molar-refractivity contribution is -0.147. The number of carbonyl (C=O) groups excluding carboxylic acids is 1. The third kappa shape index (κ3) is 3.66. The van der Waals surface area contributed by atoms with E-state index in [0.717, 1.165) is 6.08 Å². The Morgan fingerprint density at radius 1 is 1.33 bits per heavy atom. The van der Waals surface area contributed by atoms with Crippen LogP contribution >= 0.6 is 11.6 Å². The number of aliphatic hydroxyl groups excluding tert-OH is 2. The molecule has 1 aliphatic heterocycles. The van der Waals surface area contributed by atoms with Crippen molar-refractivity contribution in [3.63, 3.8) is 0 Å². The first-order valence-electron chi connectivity index (χ1n) is 4.58. The molecule has 1 unspecified atom stereocenters. The lowest BCUT2D eigenvalue weighted by Gasteiger charge is -2.21. The minimum absolute atomic E-state index is 0.611. The van der Waals surface area contributed by atoms with Crippen LogP contribution in [0.2, 0.25) is 0 Å². The Balaban J connectivity index is 2.84. The summed E-state index contributed by atoms with van der Waals surface area (Å²) in [5, 5.41) is 18.2. The predicted octanol–water partition coefficient (Wildman–Crippen LogP) is 0.373. The van der Waals surface area contributed by atoms with E-state index >= 15 is 0 Å². The number of esters is 1. The van der Waals surface area contributed by atoms with E-state index in [1.807, 2.05) is 0 Å². The maximum Gasteiger partial charge on any atom is 0.330 e. The van der Waals surface area contributed by atoms with Gasteiger partial charge in [-0.15, -0.1) is 11.6 Å². The van der Waals surface area contributed by atoms with E-state index in [2.05, 4.69) is 0 Å². The Morgan fingerprint density at radius 3 is 2.67 bits per heavy atom.